The number of hydrogen-bond donors (Lipinski definition) is 2. The number of nitrogens with one attached hydrogen (secondary N) is 1. The largest absolute Gasteiger partial charge is 0.480 e. The van der Waals surface area contributed by atoms with Gasteiger partial charge in [-0.2, -0.15) is 0 Å². The number of amides is 1. The average molecular weight is 340 g/mol. The molecule has 2 saturated carbocycles. The van der Waals surface area contributed by atoms with Gasteiger partial charge in [-0.25, -0.2) is 0 Å². The summed E-state index contributed by atoms with van der Waals surface area (Å²) in [5, 5.41) is 12.6. The summed E-state index contributed by atoms with van der Waals surface area (Å²) in [4.78, 5) is 25.3. The summed E-state index contributed by atoms with van der Waals surface area (Å²) in [5.41, 5.74) is 0.541. The van der Waals surface area contributed by atoms with Crippen LogP contribution in [-0.2, 0) is 11.8 Å². The zero-order valence-electron chi connectivity index (χ0n) is 13.2. The molecule has 0 atom stereocenters. The van der Waals surface area contributed by atoms with Crippen molar-refractivity contribution in [2.45, 2.75) is 37.8 Å². The van der Waals surface area contributed by atoms with Crippen molar-refractivity contribution in [2.75, 3.05) is 13.1 Å². The van der Waals surface area contributed by atoms with Crippen LogP contribution in [0.2, 0.25) is 5.02 Å². The Morgan fingerprint density at radius 3 is 2.65 bits per heavy atom. The van der Waals surface area contributed by atoms with Crippen molar-refractivity contribution < 1.29 is 14.7 Å². The van der Waals surface area contributed by atoms with E-state index in [0.717, 1.165) is 19.4 Å². The fourth-order valence-corrected chi connectivity index (χ4v) is 3.41. The summed E-state index contributed by atoms with van der Waals surface area (Å²) in [5.74, 6) is -0.250. The molecule has 126 valence electrons. The third-order valence-corrected chi connectivity index (χ3v) is 4.90. The van der Waals surface area contributed by atoms with Crippen molar-refractivity contribution in [3.8, 4) is 0 Å². The van der Waals surface area contributed by atoms with Crippen LogP contribution in [0, 0.1) is 5.92 Å². The molecule has 2 N–H and O–H groups in total. The molecule has 2 fully saturated rings. The van der Waals surface area contributed by atoms with Gasteiger partial charge >= 0.3 is 5.97 Å². The second-order valence-electron chi connectivity index (χ2n) is 6.72. The van der Waals surface area contributed by atoms with E-state index < -0.39 is 5.97 Å². The molecule has 7 heteroatoms. The topological polar surface area (TPSA) is 74.6 Å². The Morgan fingerprint density at radius 1 is 1.43 bits per heavy atom. The van der Waals surface area contributed by atoms with Gasteiger partial charge < -0.3 is 15.0 Å². The van der Waals surface area contributed by atoms with Crippen LogP contribution in [0.1, 0.15) is 36.2 Å². The quantitative estimate of drug-likeness (QED) is 0.793. The summed E-state index contributed by atoms with van der Waals surface area (Å²) in [6.07, 6.45) is 5.73. The molecule has 0 bridgehead atoms. The highest BCUT2D eigenvalue weighted by Gasteiger charge is 2.37. The van der Waals surface area contributed by atoms with Gasteiger partial charge in [0.25, 0.3) is 5.91 Å². The number of halogens is 1. The third-order valence-electron chi connectivity index (χ3n) is 4.70. The first kappa shape index (κ1) is 16.3. The highest BCUT2D eigenvalue weighted by atomic mass is 35.5. The molecule has 2 aliphatic carbocycles. The molecule has 1 amide bonds. The maximum absolute atomic E-state index is 12.2. The first-order chi connectivity index (χ1) is 10.9. The van der Waals surface area contributed by atoms with E-state index in [1.807, 2.05) is 0 Å². The van der Waals surface area contributed by atoms with Crippen LogP contribution >= 0.6 is 11.6 Å². The first-order valence-electron chi connectivity index (χ1n) is 8.01. The predicted octanol–water partition coefficient (Wildman–Crippen LogP) is 1.74. The van der Waals surface area contributed by atoms with Crippen LogP contribution in [-0.4, -0.2) is 51.6 Å². The number of carboxylic acids is 1. The summed E-state index contributed by atoms with van der Waals surface area (Å²) >= 11 is 5.90. The molecule has 0 spiro atoms. The van der Waals surface area contributed by atoms with Gasteiger partial charge in [-0.05, 0) is 37.7 Å². The second-order valence-corrected chi connectivity index (χ2v) is 7.15. The normalized spacial score (nSPS) is 23.6. The summed E-state index contributed by atoms with van der Waals surface area (Å²) < 4.78 is 1.71. The fourth-order valence-electron chi connectivity index (χ4n) is 3.16. The minimum atomic E-state index is -0.781. The van der Waals surface area contributed by atoms with Gasteiger partial charge in [0.2, 0.25) is 0 Å². The summed E-state index contributed by atoms with van der Waals surface area (Å²) in [7, 11) is 1.79. The first-order valence-corrected chi connectivity index (χ1v) is 8.38. The van der Waals surface area contributed by atoms with Gasteiger partial charge in [0.05, 0.1) is 11.6 Å². The predicted molar refractivity (Wildman–Crippen MR) is 86.6 cm³/mol. The molecule has 6 nitrogen and oxygen atoms in total. The van der Waals surface area contributed by atoms with E-state index in [4.69, 9.17) is 16.7 Å². The van der Waals surface area contributed by atoms with Crippen LogP contribution < -0.4 is 5.32 Å². The number of aryl methyl sites for hydroxylation is 1. The monoisotopic (exact) mass is 339 g/mol. The molecule has 3 rings (SSSR count). The van der Waals surface area contributed by atoms with Crippen molar-refractivity contribution >= 4 is 23.5 Å². The molecule has 1 heterocycles. The van der Waals surface area contributed by atoms with E-state index in [1.54, 1.807) is 23.9 Å². The van der Waals surface area contributed by atoms with Crippen LogP contribution in [0.3, 0.4) is 0 Å². The fraction of sp³-hybridized carbons (Fsp3) is 0.625. The van der Waals surface area contributed by atoms with Crippen molar-refractivity contribution in [3.05, 3.63) is 23.0 Å². The molecule has 23 heavy (non-hydrogen) atoms. The molecule has 0 aliphatic heterocycles. The SMILES string of the molecule is Cn1cc(Cl)cc1C(=O)NC1CC(N(CC(=O)O)CC2CC2)C1. The Hall–Kier alpha value is -1.53. The minimum Gasteiger partial charge on any atom is -0.480 e. The average Bonchev–Trinajstić information content (AvgIpc) is 3.15. The molecule has 1 aromatic rings. The molecule has 2 aliphatic rings. The van der Waals surface area contributed by atoms with Gasteiger partial charge in [0.1, 0.15) is 5.69 Å². The van der Waals surface area contributed by atoms with E-state index in [0.29, 0.717) is 16.6 Å². The Morgan fingerprint density at radius 2 is 2.13 bits per heavy atom. The molecule has 0 saturated heterocycles. The lowest BCUT2D eigenvalue weighted by atomic mass is 9.85. The maximum Gasteiger partial charge on any atom is 0.317 e. The third kappa shape index (κ3) is 4.06. The molecule has 0 unspecified atom stereocenters. The van der Waals surface area contributed by atoms with Gasteiger partial charge in [-0.15, -0.1) is 0 Å². The van der Waals surface area contributed by atoms with Gasteiger partial charge in [0, 0.05) is 31.9 Å². The van der Waals surface area contributed by atoms with Crippen LogP contribution in [0.4, 0.5) is 0 Å². The van der Waals surface area contributed by atoms with Crippen molar-refractivity contribution in [1.29, 1.82) is 0 Å². The summed E-state index contributed by atoms with van der Waals surface area (Å²) in [6, 6.07) is 2.02. The standard InChI is InChI=1S/C16H22ClN3O3/c1-19-8-11(17)4-14(19)16(23)18-12-5-13(6-12)20(9-15(21)22)7-10-2-3-10/h4,8,10,12-13H,2-3,5-7,9H2,1H3,(H,18,23)(H,21,22). The Bertz CT molecular complexity index is 606. The molecular formula is C16H22ClN3O3. The number of carbonyl (C=O) groups excluding carboxylic acids is 1. The zero-order valence-corrected chi connectivity index (χ0v) is 13.9. The molecule has 0 aromatic carbocycles. The zero-order chi connectivity index (χ0) is 16.6. The maximum atomic E-state index is 12.2. The van der Waals surface area contributed by atoms with E-state index in [-0.39, 0.29) is 24.5 Å². The number of aliphatic carboxylic acids is 1. The van der Waals surface area contributed by atoms with Gasteiger partial charge in [0.15, 0.2) is 0 Å². The summed E-state index contributed by atoms with van der Waals surface area (Å²) in [6.45, 7) is 0.959. The Kier molecular flexibility index (Phi) is 4.64. The van der Waals surface area contributed by atoms with E-state index >= 15 is 0 Å². The lowest BCUT2D eigenvalue weighted by Crippen LogP contribution is -2.55. The Balaban J connectivity index is 1.50. The van der Waals surface area contributed by atoms with E-state index in [9.17, 15) is 9.59 Å². The number of aromatic nitrogens is 1. The molecule has 0 radical (unpaired) electrons. The van der Waals surface area contributed by atoms with E-state index in [1.165, 1.54) is 12.8 Å². The number of carboxylic acid groups (broad SMARTS) is 1. The smallest absolute Gasteiger partial charge is 0.317 e. The highest BCUT2D eigenvalue weighted by Crippen LogP contribution is 2.33. The van der Waals surface area contributed by atoms with Crippen molar-refractivity contribution in [3.63, 3.8) is 0 Å². The van der Waals surface area contributed by atoms with Crippen LogP contribution in [0.5, 0.6) is 0 Å². The number of rotatable bonds is 7. The lowest BCUT2D eigenvalue weighted by molar-refractivity contribution is -0.139. The number of hydrogen-bond acceptors (Lipinski definition) is 3. The Labute approximate surface area is 140 Å². The van der Waals surface area contributed by atoms with Crippen molar-refractivity contribution in [1.82, 2.24) is 14.8 Å². The number of nitrogens with zero attached hydrogens (tertiary/aromatic N) is 2. The highest BCUT2D eigenvalue weighted by molar-refractivity contribution is 6.31. The van der Waals surface area contributed by atoms with Gasteiger partial charge in [-0.3, -0.25) is 14.5 Å². The minimum absolute atomic E-state index is 0.0925. The lowest BCUT2D eigenvalue weighted by Gasteiger charge is -2.42. The second kappa shape index (κ2) is 6.53. The molecule has 1 aromatic heterocycles. The van der Waals surface area contributed by atoms with Crippen LogP contribution in [0.25, 0.3) is 0 Å². The number of carbonyl (C=O) groups is 2. The molecular weight excluding hydrogens is 318 g/mol. The van der Waals surface area contributed by atoms with E-state index in [2.05, 4.69) is 10.2 Å². The van der Waals surface area contributed by atoms with Crippen molar-refractivity contribution in [2.24, 2.45) is 13.0 Å². The van der Waals surface area contributed by atoms with Gasteiger partial charge in [-0.1, -0.05) is 11.6 Å². The van der Waals surface area contributed by atoms with Crippen LogP contribution in [0.15, 0.2) is 12.3 Å².